The molecular formula is C23H19BrFN5O3. The van der Waals surface area contributed by atoms with E-state index in [0.29, 0.717) is 28.7 Å². The summed E-state index contributed by atoms with van der Waals surface area (Å²) in [5, 5.41) is 2.99. The van der Waals surface area contributed by atoms with Crippen LogP contribution in [-0.2, 0) is 7.05 Å². The minimum absolute atomic E-state index is 0.0897. The van der Waals surface area contributed by atoms with Gasteiger partial charge in [0.05, 0.1) is 17.1 Å². The molecule has 1 saturated carbocycles. The highest BCUT2D eigenvalue weighted by Gasteiger charge is 2.31. The lowest BCUT2D eigenvalue weighted by atomic mass is 10.2. The number of hydrogen-bond donors (Lipinski definition) is 2. The van der Waals surface area contributed by atoms with Crippen LogP contribution in [0.25, 0.3) is 16.7 Å². The first-order chi connectivity index (χ1) is 15.8. The number of nitrogens with two attached hydrogens (primary N) is 1. The highest BCUT2D eigenvalue weighted by molar-refractivity contribution is 9.10. The molecule has 3 N–H and O–H groups in total. The number of nitrogen functional groups attached to an aromatic ring is 1. The molecule has 0 amide bonds. The number of pyridine rings is 1. The lowest BCUT2D eigenvalue weighted by Gasteiger charge is -2.19. The van der Waals surface area contributed by atoms with Crippen LogP contribution in [0.1, 0.15) is 18.9 Å². The number of anilines is 3. The molecule has 1 aliphatic rings. The molecule has 5 rings (SSSR count). The first-order valence-electron chi connectivity index (χ1n) is 10.3. The maximum atomic E-state index is 14.6. The van der Waals surface area contributed by atoms with Crippen molar-refractivity contribution in [1.29, 1.82) is 0 Å². The highest BCUT2D eigenvalue weighted by atomic mass is 79.9. The van der Waals surface area contributed by atoms with E-state index in [1.165, 1.54) is 38.9 Å². The molecule has 2 aromatic heterocycles. The third kappa shape index (κ3) is 3.56. The molecule has 1 aliphatic carbocycles. The molecule has 0 unspecified atom stereocenters. The van der Waals surface area contributed by atoms with Crippen molar-refractivity contribution in [2.24, 2.45) is 7.05 Å². The Bertz CT molecular complexity index is 1620. The fourth-order valence-corrected chi connectivity index (χ4v) is 4.28. The van der Waals surface area contributed by atoms with Gasteiger partial charge < -0.3 is 11.1 Å². The maximum Gasteiger partial charge on any atom is 0.337 e. The first kappa shape index (κ1) is 21.2. The van der Waals surface area contributed by atoms with Gasteiger partial charge in [-0.15, -0.1) is 0 Å². The quantitative estimate of drug-likeness (QED) is 0.408. The van der Waals surface area contributed by atoms with Crippen molar-refractivity contribution in [2.75, 3.05) is 11.1 Å². The second-order valence-electron chi connectivity index (χ2n) is 8.02. The molecule has 10 heteroatoms. The molecule has 2 heterocycles. The van der Waals surface area contributed by atoms with Gasteiger partial charge in [-0.25, -0.2) is 13.8 Å². The van der Waals surface area contributed by atoms with Crippen molar-refractivity contribution in [1.82, 2.24) is 13.7 Å². The zero-order valence-electron chi connectivity index (χ0n) is 17.5. The number of halogens is 2. The van der Waals surface area contributed by atoms with E-state index in [-0.39, 0.29) is 28.5 Å². The summed E-state index contributed by atoms with van der Waals surface area (Å²) in [5.74, 6) is -0.565. The van der Waals surface area contributed by atoms with Crippen molar-refractivity contribution >= 4 is 44.0 Å². The number of aryl methyl sites for hydroxylation is 1. The zero-order chi connectivity index (χ0) is 23.4. The van der Waals surface area contributed by atoms with E-state index >= 15 is 0 Å². The van der Waals surface area contributed by atoms with Crippen LogP contribution in [0.15, 0.2) is 67.4 Å². The fraction of sp³-hybridized carbons (Fsp3) is 0.174. The van der Waals surface area contributed by atoms with Crippen LogP contribution < -0.4 is 27.9 Å². The van der Waals surface area contributed by atoms with Crippen molar-refractivity contribution in [2.45, 2.75) is 18.9 Å². The SMILES string of the molecule is Cn1c(=O)cc(Nc2ccc(Br)cc2F)c2c(=O)n(C3CC3)c(=O)n(-c3cccc(N)c3)c21. The largest absolute Gasteiger partial charge is 0.399 e. The summed E-state index contributed by atoms with van der Waals surface area (Å²) in [7, 11) is 1.48. The second kappa shape index (κ2) is 7.73. The summed E-state index contributed by atoms with van der Waals surface area (Å²) in [6.07, 6.45) is 1.40. The Morgan fingerprint density at radius 1 is 1.06 bits per heavy atom. The second-order valence-corrected chi connectivity index (χ2v) is 8.94. The molecule has 0 bridgehead atoms. The van der Waals surface area contributed by atoms with Gasteiger partial charge in [0.15, 0.2) is 0 Å². The third-order valence-corrected chi connectivity index (χ3v) is 6.19. The minimum Gasteiger partial charge on any atom is -0.399 e. The van der Waals surface area contributed by atoms with Crippen LogP contribution in [0.4, 0.5) is 21.5 Å². The summed E-state index contributed by atoms with van der Waals surface area (Å²) in [4.78, 5) is 39.9. The number of nitrogens with one attached hydrogen (secondary N) is 1. The Kier molecular flexibility index (Phi) is 4.97. The Labute approximate surface area is 194 Å². The van der Waals surface area contributed by atoms with Gasteiger partial charge in [-0.05, 0) is 49.2 Å². The Morgan fingerprint density at radius 3 is 2.48 bits per heavy atom. The van der Waals surface area contributed by atoms with Gasteiger partial charge in [0.25, 0.3) is 11.1 Å². The number of nitrogens with zero attached hydrogens (tertiary/aromatic N) is 3. The average Bonchev–Trinajstić information content (AvgIpc) is 3.58. The number of rotatable bonds is 4. The van der Waals surface area contributed by atoms with Crippen LogP contribution in [0.3, 0.4) is 0 Å². The van der Waals surface area contributed by atoms with Gasteiger partial charge in [0.2, 0.25) is 0 Å². The number of fused-ring (bicyclic) bond motifs is 1. The number of hydrogen-bond acceptors (Lipinski definition) is 5. The molecule has 0 atom stereocenters. The van der Waals surface area contributed by atoms with E-state index < -0.39 is 22.6 Å². The van der Waals surface area contributed by atoms with Gasteiger partial charge in [0.1, 0.15) is 16.9 Å². The average molecular weight is 512 g/mol. The molecule has 0 aliphatic heterocycles. The van der Waals surface area contributed by atoms with Gasteiger partial charge >= 0.3 is 5.69 Å². The smallest absolute Gasteiger partial charge is 0.337 e. The lowest BCUT2D eigenvalue weighted by Crippen LogP contribution is -2.41. The first-order valence-corrected chi connectivity index (χ1v) is 11.0. The van der Waals surface area contributed by atoms with Crippen molar-refractivity contribution < 1.29 is 4.39 Å². The number of aromatic nitrogens is 3. The van der Waals surface area contributed by atoms with Crippen molar-refractivity contribution in [3.8, 4) is 5.69 Å². The Balaban J connectivity index is 1.91. The van der Waals surface area contributed by atoms with Gasteiger partial charge in [-0.3, -0.25) is 18.7 Å². The third-order valence-electron chi connectivity index (χ3n) is 5.69. The van der Waals surface area contributed by atoms with E-state index in [9.17, 15) is 18.8 Å². The van der Waals surface area contributed by atoms with Crippen LogP contribution in [0.2, 0.25) is 0 Å². The maximum absolute atomic E-state index is 14.6. The van der Waals surface area contributed by atoms with E-state index in [1.807, 2.05) is 0 Å². The van der Waals surface area contributed by atoms with Crippen LogP contribution >= 0.6 is 15.9 Å². The molecule has 1 fully saturated rings. The van der Waals surface area contributed by atoms with Crippen molar-refractivity contribution in [3.63, 3.8) is 0 Å². The molecule has 8 nitrogen and oxygen atoms in total. The predicted octanol–water partition coefficient (Wildman–Crippen LogP) is 3.41. The molecule has 0 saturated heterocycles. The fourth-order valence-electron chi connectivity index (χ4n) is 3.95. The van der Waals surface area contributed by atoms with Crippen molar-refractivity contribution in [3.05, 3.63) is 90.0 Å². The summed E-state index contributed by atoms with van der Waals surface area (Å²) in [6.45, 7) is 0. The monoisotopic (exact) mass is 511 g/mol. The highest BCUT2D eigenvalue weighted by Crippen LogP contribution is 2.33. The lowest BCUT2D eigenvalue weighted by molar-refractivity contribution is 0.630. The van der Waals surface area contributed by atoms with E-state index in [2.05, 4.69) is 21.2 Å². The standard InChI is InChI=1S/C23H19BrFN5O3/c1-28-19(31)11-18(27-17-8-5-12(24)9-16(17)25)20-21(28)29(15-4-2-3-13(26)10-15)23(33)30(22(20)32)14-6-7-14/h2-5,8-11,14,27H,6-7,26H2,1H3. The van der Waals surface area contributed by atoms with Gasteiger partial charge in [-0.1, -0.05) is 22.0 Å². The van der Waals surface area contributed by atoms with Crippen LogP contribution in [0.5, 0.6) is 0 Å². The Morgan fingerprint density at radius 2 is 1.82 bits per heavy atom. The van der Waals surface area contributed by atoms with Crippen LogP contribution in [0, 0.1) is 5.82 Å². The van der Waals surface area contributed by atoms with E-state index in [0.717, 1.165) is 0 Å². The van der Waals surface area contributed by atoms with E-state index in [1.54, 1.807) is 30.3 Å². The number of benzene rings is 2. The molecular weight excluding hydrogens is 493 g/mol. The summed E-state index contributed by atoms with van der Waals surface area (Å²) in [5.41, 5.74) is 5.54. The zero-order valence-corrected chi connectivity index (χ0v) is 19.1. The molecule has 2 aromatic carbocycles. The van der Waals surface area contributed by atoms with Gasteiger partial charge in [0, 0.05) is 29.3 Å². The van der Waals surface area contributed by atoms with E-state index in [4.69, 9.17) is 5.73 Å². The summed E-state index contributed by atoms with van der Waals surface area (Å²) in [6, 6.07) is 12.1. The normalized spacial score (nSPS) is 13.4. The summed E-state index contributed by atoms with van der Waals surface area (Å²) < 4.78 is 18.9. The molecule has 0 radical (unpaired) electrons. The molecule has 168 valence electrons. The Hall–Kier alpha value is -3.66. The molecule has 33 heavy (non-hydrogen) atoms. The minimum atomic E-state index is -0.565. The summed E-state index contributed by atoms with van der Waals surface area (Å²) >= 11 is 3.21. The molecule has 0 spiro atoms. The molecule has 4 aromatic rings. The topological polar surface area (TPSA) is 104 Å². The van der Waals surface area contributed by atoms with Gasteiger partial charge in [-0.2, -0.15) is 0 Å². The predicted molar refractivity (Wildman–Crippen MR) is 129 cm³/mol. The van der Waals surface area contributed by atoms with Crippen LogP contribution in [-0.4, -0.2) is 13.7 Å².